The van der Waals surface area contributed by atoms with Gasteiger partial charge in [-0.05, 0) is 30.3 Å². The lowest BCUT2D eigenvalue weighted by atomic mass is 10.1. The number of phenols is 3. The first-order valence-corrected chi connectivity index (χ1v) is 5.64. The van der Waals surface area contributed by atoms with Crippen molar-refractivity contribution in [1.29, 1.82) is 0 Å². The van der Waals surface area contributed by atoms with E-state index in [4.69, 9.17) is 10.2 Å². The standard InChI is InChI=1S/C14H13NO4/c16-11-5-2-10(3-6-11)15-14(19)7-9-1-4-12(17)8-13(9)18/h1-6,8,16-18H,7H2,(H,15,19). The van der Waals surface area contributed by atoms with Gasteiger partial charge in [-0.25, -0.2) is 0 Å². The zero-order valence-corrected chi connectivity index (χ0v) is 10.00. The van der Waals surface area contributed by atoms with Crippen molar-refractivity contribution in [3.05, 3.63) is 48.0 Å². The van der Waals surface area contributed by atoms with Crippen LogP contribution in [0.25, 0.3) is 0 Å². The molecule has 0 heterocycles. The molecule has 0 bridgehead atoms. The topological polar surface area (TPSA) is 89.8 Å². The summed E-state index contributed by atoms with van der Waals surface area (Å²) in [4.78, 5) is 11.8. The number of phenolic OH excluding ortho intramolecular Hbond substituents is 3. The van der Waals surface area contributed by atoms with Gasteiger partial charge >= 0.3 is 0 Å². The van der Waals surface area contributed by atoms with Crippen LogP contribution in [0, 0.1) is 0 Å². The summed E-state index contributed by atoms with van der Waals surface area (Å²) in [5.41, 5.74) is 0.982. The Balaban J connectivity index is 2.03. The third-order valence-corrected chi connectivity index (χ3v) is 2.57. The number of nitrogens with one attached hydrogen (secondary N) is 1. The summed E-state index contributed by atoms with van der Waals surface area (Å²) >= 11 is 0. The minimum absolute atomic E-state index is 0.00695. The van der Waals surface area contributed by atoms with Crippen molar-refractivity contribution >= 4 is 11.6 Å². The second-order valence-corrected chi connectivity index (χ2v) is 4.08. The summed E-state index contributed by atoms with van der Waals surface area (Å²) in [7, 11) is 0. The van der Waals surface area contributed by atoms with Crippen molar-refractivity contribution in [3.63, 3.8) is 0 Å². The fourth-order valence-electron chi connectivity index (χ4n) is 1.62. The van der Waals surface area contributed by atoms with Crippen LogP contribution in [0.4, 0.5) is 5.69 Å². The van der Waals surface area contributed by atoms with E-state index in [0.29, 0.717) is 11.3 Å². The van der Waals surface area contributed by atoms with E-state index >= 15 is 0 Å². The van der Waals surface area contributed by atoms with Crippen molar-refractivity contribution in [1.82, 2.24) is 0 Å². The average molecular weight is 259 g/mol. The van der Waals surface area contributed by atoms with Crippen molar-refractivity contribution in [2.45, 2.75) is 6.42 Å². The number of carbonyl (C=O) groups is 1. The Hall–Kier alpha value is -2.69. The van der Waals surface area contributed by atoms with Gasteiger partial charge in [-0.3, -0.25) is 4.79 Å². The van der Waals surface area contributed by atoms with Crippen LogP contribution in [0.15, 0.2) is 42.5 Å². The molecule has 1 amide bonds. The van der Waals surface area contributed by atoms with E-state index in [9.17, 15) is 9.90 Å². The summed E-state index contributed by atoms with van der Waals surface area (Å²) in [5, 5.41) is 30.5. The van der Waals surface area contributed by atoms with Crippen molar-refractivity contribution in [3.8, 4) is 17.2 Å². The highest BCUT2D eigenvalue weighted by Gasteiger charge is 2.08. The first-order valence-electron chi connectivity index (χ1n) is 5.64. The SMILES string of the molecule is O=C(Cc1ccc(O)cc1O)Nc1ccc(O)cc1. The molecule has 98 valence electrons. The molecule has 0 fully saturated rings. The van der Waals surface area contributed by atoms with Gasteiger partial charge in [0.15, 0.2) is 0 Å². The quantitative estimate of drug-likeness (QED) is 0.634. The molecule has 5 nitrogen and oxygen atoms in total. The third kappa shape index (κ3) is 3.38. The van der Waals surface area contributed by atoms with Gasteiger partial charge in [-0.15, -0.1) is 0 Å². The highest BCUT2D eigenvalue weighted by Crippen LogP contribution is 2.23. The van der Waals surface area contributed by atoms with Crippen molar-refractivity contribution in [2.24, 2.45) is 0 Å². The lowest BCUT2D eigenvalue weighted by Gasteiger charge is -2.07. The van der Waals surface area contributed by atoms with Crippen LogP contribution in [0.5, 0.6) is 17.2 Å². The van der Waals surface area contributed by atoms with Gasteiger partial charge in [0.2, 0.25) is 5.91 Å². The van der Waals surface area contributed by atoms with E-state index < -0.39 is 0 Å². The molecule has 0 spiro atoms. The smallest absolute Gasteiger partial charge is 0.228 e. The first-order chi connectivity index (χ1) is 9.04. The van der Waals surface area contributed by atoms with Gasteiger partial charge in [-0.2, -0.15) is 0 Å². The summed E-state index contributed by atoms with van der Waals surface area (Å²) in [5.74, 6) is -0.359. The molecule has 0 radical (unpaired) electrons. The van der Waals surface area contributed by atoms with Gasteiger partial charge < -0.3 is 20.6 Å². The predicted molar refractivity (Wildman–Crippen MR) is 70.2 cm³/mol. The Bertz CT molecular complexity index is 593. The Labute approximate surface area is 109 Å². The maximum Gasteiger partial charge on any atom is 0.228 e. The van der Waals surface area contributed by atoms with E-state index in [2.05, 4.69) is 5.32 Å². The first kappa shape index (κ1) is 12.8. The molecule has 0 atom stereocenters. The number of amides is 1. The minimum atomic E-state index is -0.299. The molecule has 5 heteroatoms. The van der Waals surface area contributed by atoms with E-state index in [1.165, 1.54) is 30.3 Å². The van der Waals surface area contributed by atoms with Crippen molar-refractivity contribution < 1.29 is 20.1 Å². The number of hydrogen-bond acceptors (Lipinski definition) is 4. The normalized spacial score (nSPS) is 10.1. The maximum atomic E-state index is 11.8. The summed E-state index contributed by atoms with van der Waals surface area (Å²) in [6.07, 6.45) is -0.00695. The van der Waals surface area contributed by atoms with Crippen LogP contribution in [0.2, 0.25) is 0 Å². The molecule has 0 aliphatic heterocycles. The van der Waals surface area contributed by atoms with Crippen LogP contribution in [-0.2, 0) is 11.2 Å². The Morgan fingerprint density at radius 1 is 0.947 bits per heavy atom. The van der Waals surface area contributed by atoms with Gasteiger partial charge in [0.25, 0.3) is 0 Å². The molecule has 0 aliphatic rings. The Kier molecular flexibility index (Phi) is 3.56. The monoisotopic (exact) mass is 259 g/mol. The molecule has 2 rings (SSSR count). The fraction of sp³-hybridized carbons (Fsp3) is 0.0714. The van der Waals surface area contributed by atoms with Gasteiger partial charge in [0.1, 0.15) is 17.2 Å². The summed E-state index contributed by atoms with van der Waals surface area (Å²) in [6.45, 7) is 0. The maximum absolute atomic E-state index is 11.8. The van der Waals surface area contributed by atoms with Crippen LogP contribution >= 0.6 is 0 Å². The van der Waals surface area contributed by atoms with Gasteiger partial charge in [0, 0.05) is 17.3 Å². The lowest BCUT2D eigenvalue weighted by molar-refractivity contribution is -0.115. The summed E-state index contributed by atoms with van der Waals surface area (Å²) in [6, 6.07) is 10.2. The summed E-state index contributed by atoms with van der Waals surface area (Å²) < 4.78 is 0. The van der Waals surface area contributed by atoms with Crippen LogP contribution in [0.3, 0.4) is 0 Å². The number of anilines is 1. The average Bonchev–Trinajstić information content (AvgIpc) is 2.36. The van der Waals surface area contributed by atoms with Crippen molar-refractivity contribution in [2.75, 3.05) is 5.32 Å². The number of rotatable bonds is 3. The molecule has 2 aromatic carbocycles. The third-order valence-electron chi connectivity index (χ3n) is 2.57. The molecule has 2 aromatic rings. The number of carbonyl (C=O) groups excluding carboxylic acids is 1. The largest absolute Gasteiger partial charge is 0.508 e. The van der Waals surface area contributed by atoms with E-state index in [0.717, 1.165) is 0 Å². The Morgan fingerprint density at radius 2 is 1.58 bits per heavy atom. The predicted octanol–water partition coefficient (Wildman–Crippen LogP) is 1.98. The highest BCUT2D eigenvalue weighted by molar-refractivity contribution is 5.92. The zero-order valence-electron chi connectivity index (χ0n) is 10.00. The second-order valence-electron chi connectivity index (χ2n) is 4.08. The fourth-order valence-corrected chi connectivity index (χ4v) is 1.62. The van der Waals surface area contributed by atoms with Crippen LogP contribution in [-0.4, -0.2) is 21.2 Å². The van der Waals surface area contributed by atoms with Gasteiger partial charge in [-0.1, -0.05) is 6.07 Å². The molecule has 0 saturated carbocycles. The molecular weight excluding hydrogens is 246 g/mol. The molecule has 0 saturated heterocycles. The van der Waals surface area contributed by atoms with Gasteiger partial charge in [0.05, 0.1) is 6.42 Å². The molecule has 4 N–H and O–H groups in total. The molecule has 0 aliphatic carbocycles. The number of hydrogen-bond donors (Lipinski definition) is 4. The van der Waals surface area contributed by atoms with E-state index in [1.807, 2.05) is 0 Å². The van der Waals surface area contributed by atoms with E-state index in [1.54, 1.807) is 12.1 Å². The van der Waals surface area contributed by atoms with E-state index in [-0.39, 0.29) is 29.6 Å². The highest BCUT2D eigenvalue weighted by atomic mass is 16.3. The van der Waals surface area contributed by atoms with Crippen LogP contribution < -0.4 is 5.32 Å². The molecule has 0 unspecified atom stereocenters. The van der Waals surface area contributed by atoms with Crippen LogP contribution in [0.1, 0.15) is 5.56 Å². The lowest BCUT2D eigenvalue weighted by Crippen LogP contribution is -2.14. The minimum Gasteiger partial charge on any atom is -0.508 e. The number of aromatic hydroxyl groups is 3. The second kappa shape index (κ2) is 5.30. The Morgan fingerprint density at radius 3 is 2.21 bits per heavy atom. The molecule has 0 aromatic heterocycles. The molecule has 19 heavy (non-hydrogen) atoms. The zero-order chi connectivity index (χ0) is 13.8. The molecular formula is C14H13NO4. The number of benzene rings is 2.